The summed E-state index contributed by atoms with van der Waals surface area (Å²) in [7, 11) is -2.94. The lowest BCUT2D eigenvalue weighted by Gasteiger charge is -2.23. The van der Waals surface area contributed by atoms with Gasteiger partial charge >= 0.3 is 0 Å². The highest BCUT2D eigenvalue weighted by molar-refractivity contribution is 7.93. The van der Waals surface area contributed by atoms with Crippen LogP contribution in [0.3, 0.4) is 0 Å². The third-order valence-corrected chi connectivity index (χ3v) is 5.29. The smallest absolute Gasteiger partial charge is 0.159 e. The van der Waals surface area contributed by atoms with E-state index in [-0.39, 0.29) is 17.7 Å². The van der Waals surface area contributed by atoms with Crippen molar-refractivity contribution >= 4 is 22.2 Å². The zero-order valence-corrected chi connectivity index (χ0v) is 9.96. The van der Waals surface area contributed by atoms with Gasteiger partial charge in [0.25, 0.3) is 0 Å². The Labute approximate surface area is 86.6 Å². The molecule has 0 bridgehead atoms. The van der Waals surface area contributed by atoms with Crippen molar-refractivity contribution < 1.29 is 8.42 Å². The first-order chi connectivity index (χ1) is 5.36. The Morgan fingerprint density at radius 3 is 2.15 bits per heavy atom. The number of nitrogens with one attached hydrogen (secondary N) is 1. The molecule has 0 aliphatic carbocycles. The Kier molecular flexibility index (Phi) is 4.22. The molecule has 0 radical (unpaired) electrons. The molecule has 1 saturated heterocycles. The van der Waals surface area contributed by atoms with Crippen LogP contribution in [0.25, 0.3) is 0 Å². The summed E-state index contributed by atoms with van der Waals surface area (Å²) in [4.78, 5) is 0. The van der Waals surface area contributed by atoms with Crippen LogP contribution in [-0.2, 0) is 9.84 Å². The number of rotatable bonds is 1. The van der Waals surface area contributed by atoms with Gasteiger partial charge in [-0.25, -0.2) is 8.42 Å². The topological polar surface area (TPSA) is 46.2 Å². The first-order valence-electron chi connectivity index (χ1n) is 4.30. The molecule has 1 fully saturated rings. The van der Waals surface area contributed by atoms with Crippen LogP contribution < -0.4 is 5.32 Å². The lowest BCUT2D eigenvalue weighted by atomic mass is 10.3. The van der Waals surface area contributed by atoms with Crippen LogP contribution >= 0.6 is 12.4 Å². The highest BCUT2D eigenvalue weighted by Gasteiger charge is 2.38. The van der Waals surface area contributed by atoms with Gasteiger partial charge in [0.05, 0.1) is 10.00 Å². The molecule has 0 aromatic heterocycles. The molecule has 1 rings (SSSR count). The molecule has 0 aromatic carbocycles. The van der Waals surface area contributed by atoms with Crippen molar-refractivity contribution in [3.05, 3.63) is 0 Å². The molecule has 0 saturated carbocycles. The second-order valence-corrected chi connectivity index (χ2v) is 7.25. The van der Waals surface area contributed by atoms with Crippen molar-refractivity contribution in [2.24, 2.45) is 0 Å². The largest absolute Gasteiger partial charge is 0.315 e. The Morgan fingerprint density at radius 2 is 1.85 bits per heavy atom. The lowest BCUT2D eigenvalue weighted by molar-refractivity contribution is 0.546. The van der Waals surface area contributed by atoms with Crippen LogP contribution in [0, 0.1) is 0 Å². The van der Waals surface area contributed by atoms with E-state index in [9.17, 15) is 8.42 Å². The summed E-state index contributed by atoms with van der Waals surface area (Å²) in [5.74, 6) is 0. The summed E-state index contributed by atoms with van der Waals surface area (Å²) in [5.41, 5.74) is 0. The predicted octanol–water partition coefficient (Wildman–Crippen LogP) is 0.983. The molecule has 80 valence electrons. The molecule has 13 heavy (non-hydrogen) atoms. The summed E-state index contributed by atoms with van der Waals surface area (Å²) in [6, 6.07) is 0. The number of hydrogen-bond donors (Lipinski definition) is 1. The van der Waals surface area contributed by atoms with E-state index in [1.807, 2.05) is 0 Å². The number of sulfone groups is 1. The Morgan fingerprint density at radius 1 is 1.31 bits per heavy atom. The van der Waals surface area contributed by atoms with E-state index in [0.29, 0.717) is 6.54 Å². The Balaban J connectivity index is 0.00000144. The van der Waals surface area contributed by atoms with Crippen LogP contribution in [0.5, 0.6) is 0 Å². The second kappa shape index (κ2) is 4.15. The fourth-order valence-electron chi connectivity index (χ4n) is 1.39. The average molecular weight is 228 g/mol. The maximum atomic E-state index is 11.8. The van der Waals surface area contributed by atoms with Crippen LogP contribution in [0.1, 0.15) is 27.2 Å². The molecule has 1 atom stereocenters. The van der Waals surface area contributed by atoms with Crippen molar-refractivity contribution in [3.63, 3.8) is 0 Å². The van der Waals surface area contributed by atoms with Crippen LogP contribution in [0.2, 0.25) is 0 Å². The lowest BCUT2D eigenvalue weighted by Crippen LogP contribution is -2.38. The third-order valence-electron chi connectivity index (χ3n) is 2.31. The summed E-state index contributed by atoms with van der Waals surface area (Å²) in [5, 5.41) is 2.90. The van der Waals surface area contributed by atoms with E-state index in [2.05, 4.69) is 5.32 Å². The van der Waals surface area contributed by atoms with Crippen molar-refractivity contribution in [2.75, 3.05) is 13.1 Å². The minimum Gasteiger partial charge on any atom is -0.315 e. The van der Waals surface area contributed by atoms with E-state index in [1.54, 1.807) is 20.8 Å². The van der Waals surface area contributed by atoms with Crippen molar-refractivity contribution in [2.45, 2.75) is 37.2 Å². The minimum absolute atomic E-state index is 0. The third kappa shape index (κ3) is 2.58. The van der Waals surface area contributed by atoms with Gasteiger partial charge in [-0.1, -0.05) is 0 Å². The molecule has 3 nitrogen and oxygen atoms in total. The minimum atomic E-state index is -2.94. The first-order valence-corrected chi connectivity index (χ1v) is 5.84. The van der Waals surface area contributed by atoms with E-state index in [0.717, 1.165) is 13.0 Å². The zero-order valence-electron chi connectivity index (χ0n) is 8.33. The molecule has 1 aliphatic heterocycles. The SMILES string of the molecule is CC(C)(C)S(=O)(=O)C1CCNC1.Cl. The van der Waals surface area contributed by atoms with Crippen molar-refractivity contribution in [1.29, 1.82) is 0 Å². The fourth-order valence-corrected chi connectivity index (χ4v) is 3.16. The van der Waals surface area contributed by atoms with Gasteiger partial charge in [0, 0.05) is 6.54 Å². The quantitative estimate of drug-likeness (QED) is 0.727. The van der Waals surface area contributed by atoms with Gasteiger partial charge in [0.1, 0.15) is 0 Å². The molecule has 5 heteroatoms. The molecule has 1 heterocycles. The van der Waals surface area contributed by atoms with Gasteiger partial charge in [-0.15, -0.1) is 12.4 Å². The highest BCUT2D eigenvalue weighted by Crippen LogP contribution is 2.23. The molecule has 0 spiro atoms. The zero-order chi connectivity index (χ0) is 9.41. The van der Waals surface area contributed by atoms with E-state index in [4.69, 9.17) is 0 Å². The summed E-state index contributed by atoms with van der Waals surface area (Å²) in [6.45, 7) is 6.75. The first kappa shape index (κ1) is 13.2. The van der Waals surface area contributed by atoms with Crippen LogP contribution in [0.4, 0.5) is 0 Å². The monoisotopic (exact) mass is 227 g/mol. The molecule has 1 unspecified atom stereocenters. The van der Waals surface area contributed by atoms with Crippen molar-refractivity contribution in [3.8, 4) is 0 Å². The Bertz CT molecular complexity index is 250. The molecular formula is C8H18ClNO2S. The average Bonchev–Trinajstić information content (AvgIpc) is 2.34. The summed E-state index contributed by atoms with van der Waals surface area (Å²) < 4.78 is 23.0. The molecular weight excluding hydrogens is 210 g/mol. The maximum Gasteiger partial charge on any atom is 0.159 e. The molecule has 0 amide bonds. The standard InChI is InChI=1S/C8H17NO2S.ClH/c1-8(2,3)12(10,11)7-4-5-9-6-7;/h7,9H,4-6H2,1-3H3;1H. The van der Waals surface area contributed by atoms with Gasteiger partial charge in [-0.05, 0) is 33.7 Å². The van der Waals surface area contributed by atoms with E-state index >= 15 is 0 Å². The van der Waals surface area contributed by atoms with Crippen LogP contribution in [-0.4, -0.2) is 31.5 Å². The van der Waals surface area contributed by atoms with Gasteiger partial charge in [0.15, 0.2) is 9.84 Å². The van der Waals surface area contributed by atoms with Gasteiger partial charge in [-0.2, -0.15) is 0 Å². The maximum absolute atomic E-state index is 11.8. The van der Waals surface area contributed by atoms with Crippen molar-refractivity contribution in [1.82, 2.24) is 5.32 Å². The molecule has 0 aromatic rings. The fraction of sp³-hybridized carbons (Fsp3) is 1.00. The van der Waals surface area contributed by atoms with Crippen LogP contribution in [0.15, 0.2) is 0 Å². The van der Waals surface area contributed by atoms with Gasteiger partial charge in [-0.3, -0.25) is 0 Å². The summed E-state index contributed by atoms with van der Waals surface area (Å²) in [6.07, 6.45) is 0.763. The van der Waals surface area contributed by atoms with Gasteiger partial charge < -0.3 is 5.32 Å². The van der Waals surface area contributed by atoms with E-state index in [1.165, 1.54) is 0 Å². The normalized spacial score (nSPS) is 24.1. The molecule has 1 N–H and O–H groups in total. The number of hydrogen-bond acceptors (Lipinski definition) is 3. The highest BCUT2D eigenvalue weighted by atomic mass is 35.5. The molecule has 1 aliphatic rings. The second-order valence-electron chi connectivity index (χ2n) is 4.27. The van der Waals surface area contributed by atoms with E-state index < -0.39 is 14.6 Å². The summed E-state index contributed by atoms with van der Waals surface area (Å²) >= 11 is 0. The van der Waals surface area contributed by atoms with Gasteiger partial charge in [0.2, 0.25) is 0 Å². The predicted molar refractivity (Wildman–Crippen MR) is 57.2 cm³/mol. The Hall–Kier alpha value is 0.200. The number of halogens is 1.